The van der Waals surface area contributed by atoms with Crippen molar-refractivity contribution in [3.05, 3.63) is 42.5 Å². The van der Waals surface area contributed by atoms with E-state index in [2.05, 4.69) is 28.4 Å². The third-order valence-electron chi connectivity index (χ3n) is 4.93. The summed E-state index contributed by atoms with van der Waals surface area (Å²) in [6.45, 7) is 1.80. The van der Waals surface area contributed by atoms with Crippen LogP contribution in [-0.2, 0) is 4.79 Å². The first-order valence-corrected chi connectivity index (χ1v) is 10.5. The molecule has 5 nitrogen and oxygen atoms in total. The SMILES string of the molecule is O=C(CCSc1nnc(-c2cccc3ccccc23)o1)N1CCCCCC1. The molecule has 1 aliphatic heterocycles. The molecule has 0 atom stereocenters. The molecule has 1 amide bonds. The monoisotopic (exact) mass is 381 g/mol. The first-order chi connectivity index (χ1) is 13.3. The number of amides is 1. The van der Waals surface area contributed by atoms with Crippen LogP contribution >= 0.6 is 11.8 Å². The van der Waals surface area contributed by atoms with E-state index in [1.807, 2.05) is 29.2 Å². The number of likely N-dealkylation sites (tertiary alicyclic amines) is 1. The van der Waals surface area contributed by atoms with Crippen molar-refractivity contribution < 1.29 is 9.21 Å². The number of carbonyl (C=O) groups is 1. The van der Waals surface area contributed by atoms with E-state index >= 15 is 0 Å². The maximum atomic E-state index is 12.4. The molecule has 0 saturated carbocycles. The van der Waals surface area contributed by atoms with Crippen LogP contribution in [0.1, 0.15) is 32.1 Å². The van der Waals surface area contributed by atoms with Gasteiger partial charge in [-0.25, -0.2) is 0 Å². The Morgan fingerprint density at radius 3 is 2.63 bits per heavy atom. The molecule has 0 aliphatic carbocycles. The van der Waals surface area contributed by atoms with E-state index in [1.54, 1.807) is 0 Å². The highest BCUT2D eigenvalue weighted by atomic mass is 32.2. The van der Waals surface area contributed by atoms with Crippen LogP contribution in [-0.4, -0.2) is 39.8 Å². The van der Waals surface area contributed by atoms with Crippen molar-refractivity contribution in [2.75, 3.05) is 18.8 Å². The lowest BCUT2D eigenvalue weighted by atomic mass is 10.0. The summed E-state index contributed by atoms with van der Waals surface area (Å²) in [6.07, 6.45) is 5.22. The zero-order valence-electron chi connectivity index (χ0n) is 15.3. The van der Waals surface area contributed by atoms with Crippen LogP contribution in [0.25, 0.3) is 22.2 Å². The second-order valence-corrected chi connectivity index (χ2v) is 7.84. The molecular formula is C21H23N3O2S. The molecule has 27 heavy (non-hydrogen) atoms. The van der Waals surface area contributed by atoms with E-state index in [1.165, 1.54) is 24.6 Å². The van der Waals surface area contributed by atoms with Crippen molar-refractivity contribution in [3.8, 4) is 11.5 Å². The molecule has 6 heteroatoms. The molecule has 0 radical (unpaired) electrons. The lowest BCUT2D eigenvalue weighted by Gasteiger charge is -2.19. The molecule has 0 N–H and O–H groups in total. The predicted molar refractivity (Wildman–Crippen MR) is 108 cm³/mol. The van der Waals surface area contributed by atoms with Crippen LogP contribution in [0.5, 0.6) is 0 Å². The Morgan fingerprint density at radius 2 is 1.78 bits per heavy atom. The van der Waals surface area contributed by atoms with Crippen LogP contribution in [0.4, 0.5) is 0 Å². The number of rotatable bonds is 5. The van der Waals surface area contributed by atoms with Gasteiger partial charge in [-0.2, -0.15) is 0 Å². The van der Waals surface area contributed by atoms with E-state index in [0.717, 1.165) is 42.3 Å². The summed E-state index contributed by atoms with van der Waals surface area (Å²) in [4.78, 5) is 14.4. The van der Waals surface area contributed by atoms with Gasteiger partial charge in [-0.3, -0.25) is 4.79 Å². The maximum Gasteiger partial charge on any atom is 0.276 e. The Balaban J connectivity index is 1.37. The molecule has 0 bridgehead atoms. The summed E-state index contributed by atoms with van der Waals surface area (Å²) in [5.74, 6) is 1.42. The Morgan fingerprint density at radius 1 is 1.00 bits per heavy atom. The van der Waals surface area contributed by atoms with Gasteiger partial charge in [0.1, 0.15) is 0 Å². The fourth-order valence-electron chi connectivity index (χ4n) is 3.49. The highest BCUT2D eigenvalue weighted by Crippen LogP contribution is 2.29. The predicted octanol–water partition coefficient (Wildman–Crippen LogP) is 4.77. The third-order valence-corrected chi connectivity index (χ3v) is 5.75. The van der Waals surface area contributed by atoms with E-state index < -0.39 is 0 Å². The summed E-state index contributed by atoms with van der Waals surface area (Å²) in [7, 11) is 0. The average Bonchev–Trinajstić information content (AvgIpc) is 2.99. The molecule has 2 heterocycles. The normalized spacial score (nSPS) is 15.0. The molecule has 2 aromatic carbocycles. The molecule has 140 valence electrons. The summed E-state index contributed by atoms with van der Waals surface area (Å²) in [5.41, 5.74) is 0.938. The van der Waals surface area contributed by atoms with Gasteiger partial charge in [0.15, 0.2) is 0 Å². The fourth-order valence-corrected chi connectivity index (χ4v) is 4.18. The second-order valence-electron chi connectivity index (χ2n) is 6.79. The van der Waals surface area contributed by atoms with E-state index in [9.17, 15) is 4.79 Å². The largest absolute Gasteiger partial charge is 0.411 e. The standard InChI is InChI=1S/C21H23N3O2S/c25-19(24-13-5-1-2-6-14-24)12-15-27-21-23-22-20(26-21)18-11-7-9-16-8-3-4-10-17(16)18/h3-4,7-11H,1-2,5-6,12-15H2. The lowest BCUT2D eigenvalue weighted by Crippen LogP contribution is -2.31. The molecule has 1 aliphatic rings. The molecule has 0 unspecified atom stereocenters. The zero-order valence-corrected chi connectivity index (χ0v) is 16.1. The van der Waals surface area contributed by atoms with Gasteiger partial charge in [-0.15, -0.1) is 10.2 Å². The highest BCUT2D eigenvalue weighted by molar-refractivity contribution is 7.99. The quantitative estimate of drug-likeness (QED) is 0.596. The van der Waals surface area contributed by atoms with Crippen LogP contribution < -0.4 is 0 Å². The number of carbonyl (C=O) groups excluding carboxylic acids is 1. The van der Waals surface area contributed by atoms with Crippen molar-refractivity contribution in [2.24, 2.45) is 0 Å². The lowest BCUT2D eigenvalue weighted by molar-refractivity contribution is -0.130. The van der Waals surface area contributed by atoms with Crippen molar-refractivity contribution in [3.63, 3.8) is 0 Å². The van der Waals surface area contributed by atoms with Crippen molar-refractivity contribution in [1.29, 1.82) is 0 Å². The van der Waals surface area contributed by atoms with Gasteiger partial charge in [0.25, 0.3) is 5.22 Å². The molecule has 0 spiro atoms. The van der Waals surface area contributed by atoms with E-state index in [4.69, 9.17) is 4.42 Å². The average molecular weight is 382 g/mol. The Kier molecular flexibility index (Phi) is 5.72. The first-order valence-electron chi connectivity index (χ1n) is 9.53. The number of hydrogen-bond donors (Lipinski definition) is 0. The molecule has 1 fully saturated rings. The van der Waals surface area contributed by atoms with Crippen LogP contribution in [0.2, 0.25) is 0 Å². The number of thioether (sulfide) groups is 1. The number of nitrogens with zero attached hydrogens (tertiary/aromatic N) is 3. The molecular weight excluding hydrogens is 358 g/mol. The molecule has 4 rings (SSSR count). The first kappa shape index (κ1) is 18.0. The van der Waals surface area contributed by atoms with Gasteiger partial charge in [0.05, 0.1) is 0 Å². The third kappa shape index (κ3) is 4.33. The minimum atomic E-state index is 0.234. The minimum Gasteiger partial charge on any atom is -0.411 e. The Hall–Kier alpha value is -2.34. The van der Waals surface area contributed by atoms with Gasteiger partial charge in [0.2, 0.25) is 11.8 Å². The minimum absolute atomic E-state index is 0.234. The van der Waals surface area contributed by atoms with Crippen LogP contribution in [0.3, 0.4) is 0 Å². The van der Waals surface area contributed by atoms with Crippen LogP contribution in [0, 0.1) is 0 Å². The number of benzene rings is 2. The highest BCUT2D eigenvalue weighted by Gasteiger charge is 2.16. The zero-order chi connectivity index (χ0) is 18.5. The topological polar surface area (TPSA) is 59.2 Å². The number of fused-ring (bicyclic) bond motifs is 1. The summed E-state index contributed by atoms with van der Waals surface area (Å²) in [5, 5.41) is 11.1. The van der Waals surface area contributed by atoms with Gasteiger partial charge >= 0.3 is 0 Å². The maximum absolute atomic E-state index is 12.4. The molecule has 1 saturated heterocycles. The van der Waals surface area contributed by atoms with Gasteiger partial charge in [-0.05, 0) is 29.7 Å². The van der Waals surface area contributed by atoms with Crippen molar-refractivity contribution in [1.82, 2.24) is 15.1 Å². The Labute approximate surface area is 163 Å². The summed E-state index contributed by atoms with van der Waals surface area (Å²) in [6, 6.07) is 14.2. The smallest absolute Gasteiger partial charge is 0.276 e. The Bertz CT molecular complexity index is 911. The molecule has 3 aromatic rings. The van der Waals surface area contributed by atoms with Gasteiger partial charge in [0, 0.05) is 30.8 Å². The van der Waals surface area contributed by atoms with Crippen molar-refractivity contribution in [2.45, 2.75) is 37.3 Å². The summed E-state index contributed by atoms with van der Waals surface area (Å²) < 4.78 is 5.84. The van der Waals surface area contributed by atoms with E-state index in [-0.39, 0.29) is 5.91 Å². The van der Waals surface area contributed by atoms with Gasteiger partial charge < -0.3 is 9.32 Å². The van der Waals surface area contributed by atoms with E-state index in [0.29, 0.717) is 23.3 Å². The molecule has 1 aromatic heterocycles. The number of hydrogen-bond acceptors (Lipinski definition) is 5. The summed E-state index contributed by atoms with van der Waals surface area (Å²) >= 11 is 1.45. The second kappa shape index (κ2) is 8.57. The van der Waals surface area contributed by atoms with Gasteiger partial charge in [-0.1, -0.05) is 61.0 Å². The van der Waals surface area contributed by atoms with Crippen LogP contribution in [0.15, 0.2) is 52.1 Å². The number of aromatic nitrogens is 2. The fraction of sp³-hybridized carbons (Fsp3) is 0.381. The van der Waals surface area contributed by atoms with Crippen molar-refractivity contribution >= 4 is 28.4 Å².